The van der Waals surface area contributed by atoms with Crippen LogP contribution < -0.4 is 0 Å². The maximum Gasteiger partial charge on any atom is 0.122 e. The fourth-order valence-corrected chi connectivity index (χ4v) is 2.63. The topological polar surface area (TPSA) is 34.1 Å². The standard InChI is InChI=1S/2C11H22O/c2*1-3-4-5-6-7-8-9-11(2)10-12/h2*10-11H,3-9H2,1-2H3. The maximum atomic E-state index is 10.3. The normalized spacial score (nSPS) is 12.8. The van der Waals surface area contributed by atoms with E-state index in [1.165, 1.54) is 77.0 Å². The smallest absolute Gasteiger partial charge is 0.122 e. The summed E-state index contributed by atoms with van der Waals surface area (Å²) in [6.07, 6.45) is 20.1. The Hall–Kier alpha value is -0.660. The Morgan fingerprint density at radius 2 is 0.833 bits per heavy atom. The average molecular weight is 341 g/mol. The average Bonchev–Trinajstić information content (AvgIpc) is 2.61. The van der Waals surface area contributed by atoms with E-state index in [-0.39, 0.29) is 11.8 Å². The van der Waals surface area contributed by atoms with Crippen LogP contribution in [0.4, 0.5) is 0 Å². The highest BCUT2D eigenvalue weighted by Crippen LogP contribution is 2.11. The molecule has 0 rings (SSSR count). The third-order valence-corrected chi connectivity index (χ3v) is 4.49. The molecule has 0 aliphatic rings. The molecule has 24 heavy (non-hydrogen) atoms. The van der Waals surface area contributed by atoms with Crippen molar-refractivity contribution in [2.45, 2.75) is 118 Å². The summed E-state index contributed by atoms with van der Waals surface area (Å²) < 4.78 is 0. The van der Waals surface area contributed by atoms with Crippen LogP contribution in [0.2, 0.25) is 0 Å². The fraction of sp³-hybridized carbons (Fsp3) is 0.909. The molecule has 0 aliphatic heterocycles. The van der Waals surface area contributed by atoms with Crippen molar-refractivity contribution in [3.05, 3.63) is 0 Å². The van der Waals surface area contributed by atoms with Gasteiger partial charge in [-0.3, -0.25) is 0 Å². The van der Waals surface area contributed by atoms with E-state index in [0.29, 0.717) is 0 Å². The van der Waals surface area contributed by atoms with E-state index in [1.807, 2.05) is 13.8 Å². The molecule has 0 saturated carbocycles. The minimum Gasteiger partial charge on any atom is -0.303 e. The van der Waals surface area contributed by atoms with Crippen LogP contribution in [-0.2, 0) is 9.59 Å². The van der Waals surface area contributed by atoms with E-state index in [9.17, 15) is 9.59 Å². The second kappa shape index (κ2) is 22.3. The number of unbranched alkanes of at least 4 members (excludes halogenated alkanes) is 10. The summed E-state index contributed by atoms with van der Waals surface area (Å²) in [7, 11) is 0. The summed E-state index contributed by atoms with van der Waals surface area (Å²) in [5.74, 6) is 0.548. The highest BCUT2D eigenvalue weighted by atomic mass is 16.1. The first-order chi connectivity index (χ1) is 11.6. The molecule has 2 heteroatoms. The Morgan fingerprint density at radius 1 is 0.542 bits per heavy atom. The molecule has 0 bridgehead atoms. The SMILES string of the molecule is CCCCCCCCC(C)C=O.CCCCCCCCC(C)C=O. The predicted octanol–water partition coefficient (Wildman–Crippen LogP) is 7.14. The van der Waals surface area contributed by atoms with Crippen LogP contribution in [0.1, 0.15) is 118 Å². The molecule has 0 amide bonds. The first-order valence-corrected chi connectivity index (χ1v) is 10.5. The van der Waals surface area contributed by atoms with Crippen molar-refractivity contribution in [1.29, 1.82) is 0 Å². The second-order valence-electron chi connectivity index (χ2n) is 7.34. The first kappa shape index (κ1) is 25.6. The molecule has 2 unspecified atom stereocenters. The number of aldehydes is 2. The third-order valence-electron chi connectivity index (χ3n) is 4.49. The van der Waals surface area contributed by atoms with E-state index in [1.54, 1.807) is 0 Å². The van der Waals surface area contributed by atoms with Crippen LogP contribution in [0.3, 0.4) is 0 Å². The predicted molar refractivity (Wildman–Crippen MR) is 106 cm³/mol. The lowest BCUT2D eigenvalue weighted by Gasteiger charge is -2.02. The van der Waals surface area contributed by atoms with Gasteiger partial charge in [0.15, 0.2) is 0 Å². The van der Waals surface area contributed by atoms with E-state index in [0.717, 1.165) is 25.4 Å². The molecule has 0 heterocycles. The first-order valence-electron chi connectivity index (χ1n) is 10.5. The molecule has 0 saturated heterocycles. The molecule has 0 aliphatic carbocycles. The van der Waals surface area contributed by atoms with E-state index in [4.69, 9.17) is 0 Å². The van der Waals surface area contributed by atoms with Gasteiger partial charge in [-0.2, -0.15) is 0 Å². The highest BCUT2D eigenvalue weighted by molar-refractivity contribution is 5.52. The monoisotopic (exact) mass is 340 g/mol. The lowest BCUT2D eigenvalue weighted by molar-refractivity contribution is -0.111. The third kappa shape index (κ3) is 23.6. The van der Waals surface area contributed by atoms with E-state index < -0.39 is 0 Å². The van der Waals surface area contributed by atoms with Gasteiger partial charge in [0.25, 0.3) is 0 Å². The lowest BCUT2D eigenvalue weighted by atomic mass is 10.0. The van der Waals surface area contributed by atoms with Gasteiger partial charge in [0, 0.05) is 11.8 Å². The molecule has 0 aromatic heterocycles. The highest BCUT2D eigenvalue weighted by Gasteiger charge is 1.98. The summed E-state index contributed by atoms with van der Waals surface area (Å²) >= 11 is 0. The van der Waals surface area contributed by atoms with Crippen LogP contribution in [0.15, 0.2) is 0 Å². The van der Waals surface area contributed by atoms with Crippen LogP contribution in [-0.4, -0.2) is 12.6 Å². The van der Waals surface area contributed by atoms with Gasteiger partial charge in [0.1, 0.15) is 12.6 Å². The molecule has 0 fully saturated rings. The molecule has 0 aromatic rings. The van der Waals surface area contributed by atoms with Crippen molar-refractivity contribution in [3.63, 3.8) is 0 Å². The van der Waals surface area contributed by atoms with Crippen LogP contribution in [0.25, 0.3) is 0 Å². The Kier molecular flexibility index (Phi) is 23.8. The molecule has 0 N–H and O–H groups in total. The lowest BCUT2D eigenvalue weighted by Crippen LogP contribution is -1.94. The van der Waals surface area contributed by atoms with Crippen molar-refractivity contribution >= 4 is 12.6 Å². The maximum absolute atomic E-state index is 10.3. The van der Waals surface area contributed by atoms with Gasteiger partial charge in [-0.1, -0.05) is 105 Å². The quantitative estimate of drug-likeness (QED) is 0.221. The van der Waals surface area contributed by atoms with Crippen LogP contribution in [0, 0.1) is 11.8 Å². The number of hydrogen-bond acceptors (Lipinski definition) is 2. The number of rotatable bonds is 16. The molecule has 2 nitrogen and oxygen atoms in total. The molecule has 2 atom stereocenters. The molecule has 0 spiro atoms. The van der Waals surface area contributed by atoms with Gasteiger partial charge in [-0.25, -0.2) is 0 Å². The fourth-order valence-electron chi connectivity index (χ4n) is 2.63. The van der Waals surface area contributed by atoms with Gasteiger partial charge in [-0.05, 0) is 12.8 Å². The minimum absolute atomic E-state index is 0.274. The largest absolute Gasteiger partial charge is 0.303 e. The van der Waals surface area contributed by atoms with Gasteiger partial charge in [0.05, 0.1) is 0 Å². The van der Waals surface area contributed by atoms with Crippen molar-refractivity contribution in [2.75, 3.05) is 0 Å². The zero-order valence-corrected chi connectivity index (χ0v) is 17.0. The Balaban J connectivity index is 0. The van der Waals surface area contributed by atoms with Crippen LogP contribution >= 0.6 is 0 Å². The summed E-state index contributed by atoms with van der Waals surface area (Å²) in [5.41, 5.74) is 0. The van der Waals surface area contributed by atoms with Crippen LogP contribution in [0.5, 0.6) is 0 Å². The number of carbonyl (C=O) groups excluding carboxylic acids is 2. The number of carbonyl (C=O) groups is 2. The summed E-state index contributed by atoms with van der Waals surface area (Å²) in [5, 5.41) is 0. The second-order valence-corrected chi connectivity index (χ2v) is 7.34. The molecular formula is C22H44O2. The van der Waals surface area contributed by atoms with Crippen molar-refractivity contribution < 1.29 is 9.59 Å². The molecule has 0 radical (unpaired) electrons. The Labute approximate surface area is 152 Å². The Bertz CT molecular complexity index is 224. The van der Waals surface area contributed by atoms with Gasteiger partial charge in [0.2, 0.25) is 0 Å². The molecule has 0 aromatic carbocycles. The summed E-state index contributed by atoms with van der Waals surface area (Å²) in [6.45, 7) is 8.46. The van der Waals surface area contributed by atoms with Crippen molar-refractivity contribution in [1.82, 2.24) is 0 Å². The van der Waals surface area contributed by atoms with Gasteiger partial charge < -0.3 is 9.59 Å². The van der Waals surface area contributed by atoms with Crippen molar-refractivity contribution in [3.8, 4) is 0 Å². The summed E-state index contributed by atoms with van der Waals surface area (Å²) in [4.78, 5) is 20.5. The van der Waals surface area contributed by atoms with E-state index in [2.05, 4.69) is 13.8 Å². The zero-order chi connectivity index (χ0) is 18.5. The summed E-state index contributed by atoms with van der Waals surface area (Å²) in [6, 6.07) is 0. The minimum atomic E-state index is 0.274. The van der Waals surface area contributed by atoms with E-state index >= 15 is 0 Å². The van der Waals surface area contributed by atoms with Crippen molar-refractivity contribution in [2.24, 2.45) is 11.8 Å². The number of hydrogen-bond donors (Lipinski definition) is 0. The van der Waals surface area contributed by atoms with Gasteiger partial charge >= 0.3 is 0 Å². The molecule has 144 valence electrons. The van der Waals surface area contributed by atoms with Gasteiger partial charge in [-0.15, -0.1) is 0 Å². The molecular weight excluding hydrogens is 296 g/mol. The Morgan fingerprint density at radius 3 is 1.12 bits per heavy atom. The zero-order valence-electron chi connectivity index (χ0n) is 17.0.